The molecule has 0 radical (unpaired) electrons. The summed E-state index contributed by atoms with van der Waals surface area (Å²) in [5, 5.41) is 0. The second kappa shape index (κ2) is 19.6. The minimum atomic E-state index is -0.627. The SMILES string of the molecule is C=C(C)C(=O)OCC(=O)OC1C2OC(=O)C3CC1C(C)(C)C32.C=C(C)C(=O)OCCCC(=O)OC1C2CC3C1OC(=O)C3C2C.C=CC(=O)OCCCC(=O)OC1C2CC3C1OC(=O)C3C2C. The van der Waals surface area contributed by atoms with Gasteiger partial charge in [-0.2, -0.15) is 0 Å². The Hall–Kier alpha value is -5.55. The van der Waals surface area contributed by atoms with Gasteiger partial charge in [0.2, 0.25) is 0 Å². The van der Waals surface area contributed by atoms with Crippen molar-refractivity contribution in [3.05, 3.63) is 37.0 Å². The molecule has 6 saturated carbocycles. The minimum Gasteiger partial charge on any atom is -0.463 e. The van der Waals surface area contributed by atoms with Crippen LogP contribution in [-0.2, 0) is 85.8 Å². The summed E-state index contributed by atoms with van der Waals surface area (Å²) in [6, 6.07) is 0. The van der Waals surface area contributed by atoms with Crippen LogP contribution in [0.4, 0.5) is 0 Å². The highest BCUT2D eigenvalue weighted by atomic mass is 16.6. The lowest BCUT2D eigenvalue weighted by Crippen LogP contribution is -2.39. The van der Waals surface area contributed by atoms with E-state index in [4.69, 9.17) is 42.6 Å². The van der Waals surface area contributed by atoms with Crippen LogP contribution in [0, 0.1) is 70.5 Å². The molecule has 0 spiro atoms. The predicted molar refractivity (Wildman–Crippen MR) is 228 cm³/mol. The van der Waals surface area contributed by atoms with E-state index in [1.807, 2.05) is 13.8 Å². The molecule has 0 amide bonds. The van der Waals surface area contributed by atoms with Gasteiger partial charge in [-0.25, -0.2) is 19.2 Å². The van der Waals surface area contributed by atoms with Crippen LogP contribution >= 0.6 is 0 Å². The Morgan fingerprint density at radius 3 is 1.58 bits per heavy atom. The molecule has 9 fully saturated rings. The van der Waals surface area contributed by atoms with Gasteiger partial charge in [0, 0.05) is 65.6 Å². The summed E-state index contributed by atoms with van der Waals surface area (Å²) in [6.45, 7) is 21.4. The topological polar surface area (TPSA) is 237 Å². The second-order valence-corrected chi connectivity index (χ2v) is 20.1. The van der Waals surface area contributed by atoms with Crippen molar-refractivity contribution in [1.82, 2.24) is 0 Å². The highest BCUT2D eigenvalue weighted by molar-refractivity contribution is 5.89. The third kappa shape index (κ3) is 9.50. The average molecular weight is 939 g/mol. The lowest BCUT2D eigenvalue weighted by Gasteiger charge is -2.29. The van der Waals surface area contributed by atoms with Gasteiger partial charge in [0.15, 0.2) is 6.61 Å². The highest BCUT2D eigenvalue weighted by Crippen LogP contribution is 2.65. The van der Waals surface area contributed by atoms with Gasteiger partial charge in [-0.1, -0.05) is 47.4 Å². The lowest BCUT2D eigenvalue weighted by atomic mass is 9.80. The number of fused-ring (bicyclic) bond motifs is 3. The van der Waals surface area contributed by atoms with Gasteiger partial charge in [0.1, 0.15) is 36.6 Å². The Morgan fingerprint density at radius 1 is 0.627 bits per heavy atom. The van der Waals surface area contributed by atoms with E-state index in [2.05, 4.69) is 33.6 Å². The van der Waals surface area contributed by atoms with Crippen LogP contribution in [0.3, 0.4) is 0 Å². The van der Waals surface area contributed by atoms with E-state index in [0.29, 0.717) is 24.8 Å². The van der Waals surface area contributed by atoms with Crippen molar-refractivity contribution in [2.45, 2.75) is 123 Å². The monoisotopic (exact) mass is 938 g/mol. The third-order valence-corrected chi connectivity index (χ3v) is 15.8. The Morgan fingerprint density at radius 2 is 1.09 bits per heavy atom. The van der Waals surface area contributed by atoms with Gasteiger partial charge >= 0.3 is 53.7 Å². The zero-order valence-electron chi connectivity index (χ0n) is 38.9. The number of hydrogen-bond donors (Lipinski definition) is 0. The average Bonchev–Trinajstić information content (AvgIpc) is 4.15. The van der Waals surface area contributed by atoms with Crippen LogP contribution < -0.4 is 0 Å². The number of carbonyl (C=O) groups is 9. The van der Waals surface area contributed by atoms with E-state index >= 15 is 0 Å². The largest absolute Gasteiger partial charge is 0.463 e. The quantitative estimate of drug-likeness (QED) is 0.0917. The number of carbonyl (C=O) groups excluding carboxylic acids is 9. The Kier molecular flexibility index (Phi) is 14.4. The molecule has 67 heavy (non-hydrogen) atoms. The maximum absolute atomic E-state index is 12.0. The van der Waals surface area contributed by atoms with Crippen LogP contribution in [0.1, 0.15) is 86.5 Å². The van der Waals surface area contributed by atoms with Crippen LogP contribution in [0.2, 0.25) is 0 Å². The molecular weight excluding hydrogens is 877 g/mol. The molecule has 3 aliphatic heterocycles. The van der Waals surface area contributed by atoms with Crippen LogP contribution in [-0.4, -0.2) is 110 Å². The molecule has 6 bridgehead atoms. The van der Waals surface area contributed by atoms with E-state index < -0.39 is 36.6 Å². The molecule has 3 saturated heterocycles. The summed E-state index contributed by atoms with van der Waals surface area (Å²) >= 11 is 0. The van der Waals surface area contributed by atoms with Gasteiger partial charge in [0.05, 0.1) is 31.0 Å². The Bertz CT molecular complexity index is 2090. The van der Waals surface area contributed by atoms with Crippen molar-refractivity contribution >= 4 is 53.7 Å². The smallest absolute Gasteiger partial charge is 0.344 e. The first-order valence-corrected chi connectivity index (χ1v) is 23.3. The summed E-state index contributed by atoms with van der Waals surface area (Å²) in [6.07, 6.45) is 2.76. The fraction of sp³-hybridized carbons (Fsp3) is 0.694. The van der Waals surface area contributed by atoms with Crippen LogP contribution in [0.25, 0.3) is 0 Å². The molecule has 18 heteroatoms. The number of hydrogen-bond acceptors (Lipinski definition) is 18. The fourth-order valence-corrected chi connectivity index (χ4v) is 12.7. The van der Waals surface area contributed by atoms with E-state index in [1.165, 1.54) is 6.92 Å². The molecule has 17 unspecified atom stereocenters. The van der Waals surface area contributed by atoms with E-state index in [1.54, 1.807) is 6.92 Å². The van der Waals surface area contributed by atoms with Crippen molar-refractivity contribution in [3.63, 3.8) is 0 Å². The normalized spacial score (nSPS) is 37.1. The summed E-state index contributed by atoms with van der Waals surface area (Å²) in [4.78, 5) is 105. The number of esters is 9. The summed E-state index contributed by atoms with van der Waals surface area (Å²) in [5.41, 5.74) is 0.462. The first-order chi connectivity index (χ1) is 31.7. The molecule has 9 rings (SSSR count). The molecule has 0 aromatic carbocycles. The molecule has 0 aromatic heterocycles. The molecule has 366 valence electrons. The van der Waals surface area contributed by atoms with Crippen LogP contribution in [0.5, 0.6) is 0 Å². The number of rotatable bonds is 16. The first kappa shape index (κ1) is 49.4. The maximum Gasteiger partial charge on any atom is 0.344 e. The maximum atomic E-state index is 12.0. The van der Waals surface area contributed by atoms with Crippen molar-refractivity contribution in [2.75, 3.05) is 19.8 Å². The molecule has 17 atom stereocenters. The molecule has 18 nitrogen and oxygen atoms in total. The summed E-state index contributed by atoms with van der Waals surface area (Å²) in [7, 11) is 0. The molecule has 3 heterocycles. The predicted octanol–water partition coefficient (Wildman–Crippen LogP) is 4.10. The Balaban J connectivity index is 0.000000149. The lowest BCUT2D eigenvalue weighted by molar-refractivity contribution is -0.169. The van der Waals surface area contributed by atoms with Crippen molar-refractivity contribution in [1.29, 1.82) is 0 Å². The Labute approximate surface area is 389 Å². The molecule has 9 aliphatic rings. The third-order valence-electron chi connectivity index (χ3n) is 15.8. The molecular formula is C49H62O18. The van der Waals surface area contributed by atoms with Crippen molar-refractivity contribution < 1.29 is 85.8 Å². The van der Waals surface area contributed by atoms with Gasteiger partial charge in [0.25, 0.3) is 0 Å². The summed E-state index contributed by atoms with van der Waals surface area (Å²) < 4.78 is 47.3. The molecule has 0 aromatic rings. The molecule has 0 N–H and O–H groups in total. The molecule has 6 aliphatic carbocycles. The zero-order valence-corrected chi connectivity index (χ0v) is 38.9. The van der Waals surface area contributed by atoms with Crippen molar-refractivity contribution in [2.24, 2.45) is 70.5 Å². The van der Waals surface area contributed by atoms with E-state index in [0.717, 1.165) is 18.9 Å². The summed E-state index contributed by atoms with van der Waals surface area (Å²) in [5.74, 6) is -1.97. The van der Waals surface area contributed by atoms with Gasteiger partial charge in [-0.3, -0.25) is 24.0 Å². The van der Waals surface area contributed by atoms with Gasteiger partial charge in [-0.15, -0.1) is 0 Å². The fourth-order valence-electron chi connectivity index (χ4n) is 12.7. The standard InChI is InChI=1S/C17H22O6.2C16H20O6/c1-8(2)16(19)21-6-4-5-12(18)22-14-10-7-11-13(9(10)3)17(20)23-15(11)14;1-7(2)14(18)20-6-10(17)21-12-9-5-8-11(16(9,3)4)13(12)22-15(8)19;1-3-11(17)20-6-4-5-12(18)21-14-9-7-10-13(8(9)2)16(19)22-15(10)14/h9-11,13-15H,1,4-7H2,2-3H3;8-9,11-13H,1,5-6H2,2-4H3;3,8-10,13-15H,1,4-7H2,2H3. The van der Waals surface area contributed by atoms with Crippen molar-refractivity contribution in [3.8, 4) is 0 Å². The van der Waals surface area contributed by atoms with Gasteiger partial charge < -0.3 is 42.6 Å². The first-order valence-electron chi connectivity index (χ1n) is 23.3. The highest BCUT2D eigenvalue weighted by Gasteiger charge is 2.72. The number of ether oxygens (including phenoxy) is 9. The van der Waals surface area contributed by atoms with E-state index in [9.17, 15) is 43.2 Å². The zero-order chi connectivity index (χ0) is 48.8. The van der Waals surface area contributed by atoms with Crippen LogP contribution in [0.15, 0.2) is 37.0 Å². The minimum absolute atomic E-state index is 0.0109. The van der Waals surface area contributed by atoms with Gasteiger partial charge in [-0.05, 0) is 63.2 Å². The van der Waals surface area contributed by atoms with E-state index in [-0.39, 0.29) is 163 Å². The second-order valence-electron chi connectivity index (χ2n) is 20.1.